The number of carbonyl (C=O) groups is 2. The van der Waals surface area contributed by atoms with E-state index in [4.69, 9.17) is 9.47 Å². The molecule has 6 nitrogen and oxygen atoms in total. The summed E-state index contributed by atoms with van der Waals surface area (Å²) in [4.78, 5) is 28.2. The van der Waals surface area contributed by atoms with E-state index in [1.165, 1.54) is 0 Å². The highest BCUT2D eigenvalue weighted by Crippen LogP contribution is 2.33. The quantitative estimate of drug-likeness (QED) is 0.821. The molecule has 2 heterocycles. The van der Waals surface area contributed by atoms with Crippen molar-refractivity contribution in [3.05, 3.63) is 29.8 Å². The first-order chi connectivity index (χ1) is 10.6. The summed E-state index contributed by atoms with van der Waals surface area (Å²) in [6, 6.07) is 7.12. The Balaban J connectivity index is 1.75. The molecule has 0 saturated carbocycles. The summed E-state index contributed by atoms with van der Waals surface area (Å²) in [7, 11) is 4.92. The predicted octanol–water partition coefficient (Wildman–Crippen LogP) is 0.623. The van der Waals surface area contributed by atoms with E-state index in [-0.39, 0.29) is 23.8 Å². The Labute approximate surface area is 129 Å². The fourth-order valence-corrected chi connectivity index (χ4v) is 3.42. The number of amides is 2. The highest BCUT2D eigenvalue weighted by atomic mass is 16.5. The summed E-state index contributed by atoms with van der Waals surface area (Å²) < 4.78 is 10.4. The Hall–Kier alpha value is -2.08. The summed E-state index contributed by atoms with van der Waals surface area (Å²) in [5, 5.41) is 0. The van der Waals surface area contributed by atoms with Crippen molar-refractivity contribution in [3.63, 3.8) is 0 Å². The van der Waals surface area contributed by atoms with Gasteiger partial charge in [0.2, 0.25) is 0 Å². The Bertz CT molecular complexity index is 586. The molecule has 0 radical (unpaired) electrons. The lowest BCUT2D eigenvalue weighted by Gasteiger charge is -2.22. The molecule has 1 aromatic rings. The molecular weight excluding hydrogens is 284 g/mol. The van der Waals surface area contributed by atoms with Gasteiger partial charge in [0, 0.05) is 38.7 Å². The minimum Gasteiger partial charge on any atom is -0.497 e. The number of likely N-dealkylation sites (N-methyl/N-ethyl adjacent to an activating group) is 1. The van der Waals surface area contributed by atoms with Gasteiger partial charge in [0.15, 0.2) is 0 Å². The molecule has 22 heavy (non-hydrogen) atoms. The van der Waals surface area contributed by atoms with Crippen molar-refractivity contribution in [3.8, 4) is 5.75 Å². The molecule has 0 bridgehead atoms. The first kappa shape index (κ1) is 14.8. The fraction of sp³-hybridized carbons (Fsp3) is 0.500. The number of fused-ring (bicyclic) bond motifs is 1. The Morgan fingerprint density at radius 2 is 1.86 bits per heavy atom. The molecule has 3 rings (SSSR count). The second-order valence-electron chi connectivity index (χ2n) is 5.78. The first-order valence-corrected chi connectivity index (χ1v) is 7.29. The van der Waals surface area contributed by atoms with Crippen LogP contribution in [0.4, 0.5) is 0 Å². The van der Waals surface area contributed by atoms with Crippen molar-refractivity contribution in [2.45, 2.75) is 12.1 Å². The number of hydrogen-bond donors (Lipinski definition) is 0. The van der Waals surface area contributed by atoms with Crippen molar-refractivity contribution in [1.29, 1.82) is 0 Å². The minimum absolute atomic E-state index is 0.00838. The minimum atomic E-state index is -0.441. The van der Waals surface area contributed by atoms with Gasteiger partial charge in [-0.05, 0) is 24.3 Å². The summed E-state index contributed by atoms with van der Waals surface area (Å²) in [6.07, 6.45) is -0.441. The zero-order valence-corrected chi connectivity index (χ0v) is 13.0. The smallest absolute Gasteiger partial charge is 0.253 e. The molecule has 0 aliphatic carbocycles. The average molecular weight is 304 g/mol. The topological polar surface area (TPSA) is 59.1 Å². The third kappa shape index (κ3) is 2.23. The van der Waals surface area contributed by atoms with Gasteiger partial charge in [-0.3, -0.25) is 9.59 Å². The van der Waals surface area contributed by atoms with Crippen LogP contribution in [-0.4, -0.2) is 68.1 Å². The average Bonchev–Trinajstić information content (AvgIpc) is 3.07. The molecule has 2 amide bonds. The van der Waals surface area contributed by atoms with Gasteiger partial charge in [0.25, 0.3) is 11.8 Å². The third-order valence-electron chi connectivity index (χ3n) is 4.69. The van der Waals surface area contributed by atoms with Gasteiger partial charge in [-0.2, -0.15) is 0 Å². The van der Waals surface area contributed by atoms with Gasteiger partial charge in [-0.15, -0.1) is 0 Å². The number of nitrogens with zero attached hydrogens (tertiary/aromatic N) is 2. The first-order valence-electron chi connectivity index (χ1n) is 7.29. The zero-order valence-electron chi connectivity index (χ0n) is 13.0. The molecule has 0 unspecified atom stereocenters. The number of carbonyl (C=O) groups excluding carboxylic acids is 2. The van der Waals surface area contributed by atoms with Gasteiger partial charge < -0.3 is 19.3 Å². The molecule has 3 atom stereocenters. The standard InChI is InChI=1S/C16H20N2O4/c1-17-13-9-18(8-12(13)14(22-3)16(17)20)15(19)10-4-6-11(21-2)7-5-10/h4-7,12-14H,8-9H2,1-3H3/t12-,13+,14-/m0/s1. The Kier molecular flexibility index (Phi) is 3.78. The zero-order chi connectivity index (χ0) is 15.9. The van der Waals surface area contributed by atoms with Crippen LogP contribution < -0.4 is 4.74 Å². The van der Waals surface area contributed by atoms with Crippen LogP contribution in [0.25, 0.3) is 0 Å². The molecule has 2 saturated heterocycles. The Morgan fingerprint density at radius 1 is 1.18 bits per heavy atom. The van der Waals surface area contributed by atoms with Gasteiger partial charge in [-0.1, -0.05) is 0 Å². The maximum Gasteiger partial charge on any atom is 0.253 e. The molecule has 0 N–H and O–H groups in total. The molecule has 1 aromatic carbocycles. The van der Waals surface area contributed by atoms with Crippen LogP contribution in [0.3, 0.4) is 0 Å². The van der Waals surface area contributed by atoms with Gasteiger partial charge in [0.1, 0.15) is 11.9 Å². The molecular formula is C16H20N2O4. The van der Waals surface area contributed by atoms with Crippen LogP contribution in [0.15, 0.2) is 24.3 Å². The maximum atomic E-state index is 12.6. The maximum absolute atomic E-state index is 12.6. The van der Waals surface area contributed by atoms with E-state index in [0.29, 0.717) is 18.7 Å². The van der Waals surface area contributed by atoms with Gasteiger partial charge in [-0.25, -0.2) is 0 Å². The van der Waals surface area contributed by atoms with Crippen molar-refractivity contribution in [1.82, 2.24) is 9.80 Å². The van der Waals surface area contributed by atoms with E-state index in [9.17, 15) is 9.59 Å². The molecule has 0 spiro atoms. The van der Waals surface area contributed by atoms with Crippen LogP contribution in [0.5, 0.6) is 5.75 Å². The van der Waals surface area contributed by atoms with E-state index >= 15 is 0 Å². The monoisotopic (exact) mass is 304 g/mol. The second kappa shape index (κ2) is 5.61. The molecule has 2 aliphatic rings. The lowest BCUT2D eigenvalue weighted by molar-refractivity contribution is -0.136. The van der Waals surface area contributed by atoms with E-state index in [1.54, 1.807) is 55.3 Å². The predicted molar refractivity (Wildman–Crippen MR) is 79.7 cm³/mol. The van der Waals surface area contributed by atoms with Gasteiger partial charge >= 0.3 is 0 Å². The number of ether oxygens (including phenoxy) is 2. The highest BCUT2D eigenvalue weighted by Gasteiger charge is 2.52. The van der Waals surface area contributed by atoms with E-state index in [2.05, 4.69) is 0 Å². The van der Waals surface area contributed by atoms with Crippen molar-refractivity contribution >= 4 is 11.8 Å². The van der Waals surface area contributed by atoms with Gasteiger partial charge in [0.05, 0.1) is 13.2 Å². The largest absolute Gasteiger partial charge is 0.497 e. The normalized spacial score (nSPS) is 27.2. The van der Waals surface area contributed by atoms with Crippen LogP contribution >= 0.6 is 0 Å². The molecule has 118 valence electrons. The summed E-state index contributed by atoms with van der Waals surface area (Å²) in [5.74, 6) is 0.756. The van der Waals surface area contributed by atoms with Crippen LogP contribution in [0.1, 0.15) is 10.4 Å². The number of methoxy groups -OCH3 is 2. The molecule has 0 aromatic heterocycles. The van der Waals surface area contributed by atoms with Crippen molar-refractivity contribution < 1.29 is 19.1 Å². The number of rotatable bonds is 3. The lowest BCUT2D eigenvalue weighted by Crippen LogP contribution is -2.38. The SMILES string of the molecule is COc1ccc(C(=O)N2C[C@@H]3[C@H](OC)C(=O)N(C)[C@@H]3C2)cc1. The second-order valence-corrected chi connectivity index (χ2v) is 5.78. The molecule has 6 heteroatoms. The number of likely N-dealkylation sites (tertiary alicyclic amines) is 2. The number of benzene rings is 1. The Morgan fingerprint density at radius 3 is 2.45 bits per heavy atom. The highest BCUT2D eigenvalue weighted by molar-refractivity contribution is 5.95. The van der Waals surface area contributed by atoms with Crippen LogP contribution in [0.2, 0.25) is 0 Å². The van der Waals surface area contributed by atoms with E-state index < -0.39 is 6.10 Å². The summed E-state index contributed by atoms with van der Waals surface area (Å²) in [6.45, 7) is 1.10. The number of hydrogen-bond acceptors (Lipinski definition) is 4. The third-order valence-corrected chi connectivity index (χ3v) is 4.69. The van der Waals surface area contributed by atoms with E-state index in [0.717, 1.165) is 5.75 Å². The summed E-state index contributed by atoms with van der Waals surface area (Å²) in [5.41, 5.74) is 0.628. The molecule has 2 fully saturated rings. The van der Waals surface area contributed by atoms with E-state index in [1.807, 2.05) is 0 Å². The summed E-state index contributed by atoms with van der Waals surface area (Å²) >= 11 is 0. The molecule has 2 aliphatic heterocycles. The van der Waals surface area contributed by atoms with Crippen molar-refractivity contribution in [2.75, 3.05) is 34.4 Å². The lowest BCUT2D eigenvalue weighted by atomic mass is 10.0. The van der Waals surface area contributed by atoms with Crippen molar-refractivity contribution in [2.24, 2.45) is 5.92 Å². The van der Waals surface area contributed by atoms with Crippen LogP contribution in [-0.2, 0) is 9.53 Å². The fourth-order valence-electron chi connectivity index (χ4n) is 3.42. The van der Waals surface area contributed by atoms with Crippen LogP contribution in [0, 0.1) is 5.92 Å².